The number of thiazole rings is 1. The Hall–Kier alpha value is -1.84. The van der Waals surface area contributed by atoms with E-state index >= 15 is 0 Å². The van der Waals surface area contributed by atoms with Gasteiger partial charge < -0.3 is 18.9 Å². The van der Waals surface area contributed by atoms with E-state index in [-0.39, 0.29) is 17.2 Å². The summed E-state index contributed by atoms with van der Waals surface area (Å²) in [4.78, 5) is 25.2. The second-order valence-electron chi connectivity index (χ2n) is 8.34. The largest absolute Gasteiger partial charge is 0.385 e. The molecule has 0 aliphatic carbocycles. The van der Waals surface area contributed by atoms with Crippen LogP contribution in [0, 0.1) is 13.8 Å². The van der Waals surface area contributed by atoms with E-state index in [1.807, 2.05) is 18.7 Å². The van der Waals surface area contributed by atoms with Crippen LogP contribution in [0.1, 0.15) is 70.1 Å². The van der Waals surface area contributed by atoms with Gasteiger partial charge in [0.2, 0.25) is 5.89 Å². The van der Waals surface area contributed by atoms with Crippen molar-refractivity contribution in [2.24, 2.45) is 0 Å². The van der Waals surface area contributed by atoms with Gasteiger partial charge in [-0.3, -0.25) is 4.79 Å². The Bertz CT molecular complexity index is 876. The number of ether oxygens (including phenoxy) is 2. The zero-order valence-corrected chi connectivity index (χ0v) is 18.8. The van der Waals surface area contributed by atoms with Crippen LogP contribution in [-0.2, 0) is 14.9 Å². The van der Waals surface area contributed by atoms with Gasteiger partial charge in [-0.15, -0.1) is 11.3 Å². The molecular formula is C21H30N4O4S. The number of hydrogen-bond acceptors (Lipinski definition) is 8. The van der Waals surface area contributed by atoms with Gasteiger partial charge >= 0.3 is 0 Å². The van der Waals surface area contributed by atoms with Crippen LogP contribution >= 0.6 is 11.3 Å². The predicted octanol–water partition coefficient (Wildman–Crippen LogP) is 3.25. The fraction of sp³-hybridized carbons (Fsp3) is 0.714. The number of carbonyl (C=O) groups is 1. The van der Waals surface area contributed by atoms with Gasteiger partial charge in [-0.1, -0.05) is 5.16 Å². The average molecular weight is 435 g/mol. The van der Waals surface area contributed by atoms with Gasteiger partial charge in [0.15, 0.2) is 5.82 Å². The summed E-state index contributed by atoms with van der Waals surface area (Å²) in [7, 11) is 1.70. The fourth-order valence-corrected chi connectivity index (χ4v) is 5.42. The summed E-state index contributed by atoms with van der Waals surface area (Å²) >= 11 is 1.46. The second kappa shape index (κ2) is 9.11. The maximum absolute atomic E-state index is 13.3. The Morgan fingerprint density at radius 2 is 2.10 bits per heavy atom. The van der Waals surface area contributed by atoms with Gasteiger partial charge in [-0.05, 0) is 46.0 Å². The van der Waals surface area contributed by atoms with E-state index < -0.39 is 0 Å². The highest BCUT2D eigenvalue weighted by Gasteiger charge is 2.43. The Kier molecular flexibility index (Phi) is 6.50. The average Bonchev–Trinajstić information content (AvgIpc) is 3.39. The first-order valence-corrected chi connectivity index (χ1v) is 11.5. The van der Waals surface area contributed by atoms with Crippen LogP contribution in [0.5, 0.6) is 0 Å². The number of carbonyl (C=O) groups excluding carboxylic acids is 1. The first-order valence-electron chi connectivity index (χ1n) is 10.7. The molecule has 0 bridgehead atoms. The SMILES string of the molecule is COCCC1(c2noc(C3CCOCC3)n2)CCCN(C(=O)c2sc(C)nc2C)C1. The summed E-state index contributed by atoms with van der Waals surface area (Å²) < 4.78 is 16.6. The lowest BCUT2D eigenvalue weighted by molar-refractivity contribution is 0.0570. The third-order valence-corrected chi connectivity index (χ3v) is 7.29. The van der Waals surface area contributed by atoms with Crippen molar-refractivity contribution in [3.8, 4) is 0 Å². The standard InChI is InChI=1S/C21H30N4O4S/c1-14-17(30-15(2)22-14)19(26)25-9-4-7-21(13-25,8-12-27-3)20-23-18(29-24-20)16-5-10-28-11-6-16/h16H,4-13H2,1-3H3. The van der Waals surface area contributed by atoms with Crippen molar-refractivity contribution in [3.63, 3.8) is 0 Å². The lowest BCUT2D eigenvalue weighted by atomic mass is 9.76. The Balaban J connectivity index is 1.59. The van der Waals surface area contributed by atoms with Gasteiger partial charge in [-0.25, -0.2) is 4.98 Å². The third kappa shape index (κ3) is 4.29. The first kappa shape index (κ1) is 21.4. The molecule has 1 atom stereocenters. The maximum atomic E-state index is 13.3. The van der Waals surface area contributed by atoms with Gasteiger partial charge in [0, 0.05) is 45.9 Å². The molecule has 2 fully saturated rings. The van der Waals surface area contributed by atoms with Gasteiger partial charge in [0.05, 0.1) is 16.1 Å². The van der Waals surface area contributed by atoms with E-state index in [0.29, 0.717) is 24.9 Å². The van der Waals surface area contributed by atoms with Crippen LogP contribution in [0.4, 0.5) is 0 Å². The van der Waals surface area contributed by atoms with Crippen LogP contribution in [-0.4, -0.2) is 66.0 Å². The smallest absolute Gasteiger partial charge is 0.265 e. The summed E-state index contributed by atoms with van der Waals surface area (Å²) in [5, 5.41) is 5.31. The van der Waals surface area contributed by atoms with Gasteiger partial charge in [0.25, 0.3) is 5.91 Å². The van der Waals surface area contributed by atoms with Crippen molar-refractivity contribution in [3.05, 3.63) is 27.3 Å². The second-order valence-corrected chi connectivity index (χ2v) is 9.55. The first-order chi connectivity index (χ1) is 14.5. The van der Waals surface area contributed by atoms with Crippen LogP contribution < -0.4 is 0 Å². The zero-order valence-electron chi connectivity index (χ0n) is 18.0. The summed E-state index contributed by atoms with van der Waals surface area (Å²) in [6, 6.07) is 0. The number of piperidine rings is 1. The Labute approximate surface area is 181 Å². The molecular weight excluding hydrogens is 404 g/mol. The van der Waals surface area contributed by atoms with Crippen molar-refractivity contribution >= 4 is 17.2 Å². The molecule has 8 nitrogen and oxygen atoms in total. The van der Waals surface area contributed by atoms with E-state index in [1.54, 1.807) is 7.11 Å². The summed E-state index contributed by atoms with van der Waals surface area (Å²) in [5.74, 6) is 1.70. The van der Waals surface area contributed by atoms with Crippen molar-refractivity contribution in [2.45, 2.75) is 57.3 Å². The Morgan fingerprint density at radius 1 is 1.30 bits per heavy atom. The number of nitrogens with zero attached hydrogens (tertiary/aromatic N) is 4. The molecule has 2 saturated heterocycles. The van der Waals surface area contributed by atoms with E-state index in [4.69, 9.17) is 19.0 Å². The van der Waals surface area contributed by atoms with Gasteiger partial charge in [0.1, 0.15) is 4.88 Å². The van der Waals surface area contributed by atoms with E-state index in [9.17, 15) is 4.79 Å². The lowest BCUT2D eigenvalue weighted by Gasteiger charge is -2.40. The van der Waals surface area contributed by atoms with Crippen LogP contribution in [0.25, 0.3) is 0 Å². The summed E-state index contributed by atoms with van der Waals surface area (Å²) in [6.07, 6.45) is 4.37. The molecule has 0 spiro atoms. The van der Waals surface area contributed by atoms with Crippen LogP contribution in [0.2, 0.25) is 0 Å². The molecule has 9 heteroatoms. The number of rotatable bonds is 6. The zero-order chi connectivity index (χ0) is 21.1. The van der Waals surface area contributed by atoms with Crippen LogP contribution in [0.3, 0.4) is 0 Å². The molecule has 1 unspecified atom stereocenters. The highest BCUT2D eigenvalue weighted by Crippen LogP contribution is 2.38. The van der Waals surface area contributed by atoms with E-state index in [1.165, 1.54) is 11.3 Å². The minimum Gasteiger partial charge on any atom is -0.385 e. The number of aromatic nitrogens is 3. The van der Waals surface area contributed by atoms with Crippen molar-refractivity contribution in [2.75, 3.05) is 40.0 Å². The van der Waals surface area contributed by atoms with Crippen molar-refractivity contribution in [1.29, 1.82) is 0 Å². The molecule has 2 aromatic rings. The number of methoxy groups -OCH3 is 1. The maximum Gasteiger partial charge on any atom is 0.265 e. The third-order valence-electron chi connectivity index (χ3n) is 6.23. The molecule has 2 aromatic heterocycles. The normalized spacial score (nSPS) is 23.1. The predicted molar refractivity (Wildman–Crippen MR) is 112 cm³/mol. The van der Waals surface area contributed by atoms with Crippen LogP contribution in [0.15, 0.2) is 4.52 Å². The molecule has 4 heterocycles. The summed E-state index contributed by atoms with van der Waals surface area (Å²) in [5.41, 5.74) is 0.446. The van der Waals surface area contributed by atoms with E-state index in [2.05, 4.69) is 10.1 Å². The highest BCUT2D eigenvalue weighted by molar-refractivity contribution is 7.13. The number of aryl methyl sites for hydroxylation is 2. The van der Waals surface area contributed by atoms with Crippen molar-refractivity contribution in [1.82, 2.24) is 20.0 Å². The molecule has 2 aliphatic rings. The van der Waals surface area contributed by atoms with Gasteiger partial charge in [-0.2, -0.15) is 4.98 Å². The fourth-order valence-electron chi connectivity index (χ4n) is 4.54. The Morgan fingerprint density at radius 3 is 2.80 bits per heavy atom. The molecule has 2 aliphatic heterocycles. The molecule has 0 N–H and O–H groups in total. The molecule has 1 amide bonds. The molecule has 30 heavy (non-hydrogen) atoms. The molecule has 0 radical (unpaired) electrons. The number of hydrogen-bond donors (Lipinski definition) is 0. The highest BCUT2D eigenvalue weighted by atomic mass is 32.1. The van der Waals surface area contributed by atoms with Crippen molar-refractivity contribution < 1.29 is 18.8 Å². The lowest BCUT2D eigenvalue weighted by Crippen LogP contribution is -2.49. The minimum absolute atomic E-state index is 0.0488. The molecule has 164 valence electrons. The molecule has 0 aromatic carbocycles. The number of amides is 1. The topological polar surface area (TPSA) is 90.6 Å². The quantitative estimate of drug-likeness (QED) is 0.689. The summed E-state index contributed by atoms with van der Waals surface area (Å²) in [6.45, 7) is 7.18. The van der Waals surface area contributed by atoms with E-state index in [0.717, 1.165) is 67.4 Å². The minimum atomic E-state index is -0.357. The number of likely N-dealkylation sites (tertiary alicyclic amines) is 1. The monoisotopic (exact) mass is 434 g/mol. The molecule has 0 saturated carbocycles. The molecule has 4 rings (SSSR count).